The van der Waals surface area contributed by atoms with E-state index in [-0.39, 0.29) is 5.78 Å². The van der Waals surface area contributed by atoms with Crippen LogP contribution in [-0.4, -0.2) is 17.7 Å². The van der Waals surface area contributed by atoms with Gasteiger partial charge in [0.2, 0.25) is 0 Å². The Labute approximate surface area is 116 Å². The van der Waals surface area contributed by atoms with Gasteiger partial charge in [-0.25, -0.2) is 0 Å². The molecular formula is C16H13NOS. The lowest BCUT2D eigenvalue weighted by molar-refractivity contribution is 0.104. The molecule has 1 aliphatic rings. The molecule has 2 nitrogen and oxygen atoms in total. The molecule has 0 saturated carbocycles. The highest BCUT2D eigenvalue weighted by Crippen LogP contribution is 2.27. The average molecular weight is 267 g/mol. The number of thioether (sulfide) groups is 1. The molecule has 0 saturated heterocycles. The molecule has 0 amide bonds. The molecule has 19 heavy (non-hydrogen) atoms. The first-order valence-corrected chi connectivity index (χ1v) is 6.93. The summed E-state index contributed by atoms with van der Waals surface area (Å²) in [5.41, 5.74) is 0.729. The molecule has 3 rings (SSSR count). The second-order valence-electron chi connectivity index (χ2n) is 4.42. The highest BCUT2D eigenvalue weighted by Gasteiger charge is 2.11. The van der Waals surface area contributed by atoms with Crippen LogP contribution >= 0.6 is 11.8 Å². The van der Waals surface area contributed by atoms with Gasteiger partial charge in [-0.15, -0.1) is 0 Å². The van der Waals surface area contributed by atoms with Crippen LogP contribution in [0.4, 0.5) is 0 Å². The topological polar surface area (TPSA) is 20.3 Å². The molecule has 94 valence electrons. The van der Waals surface area contributed by atoms with E-state index < -0.39 is 0 Å². The van der Waals surface area contributed by atoms with Crippen LogP contribution in [0, 0.1) is 0 Å². The SMILES string of the molecule is CN1C=CSC1=CC(=O)c1ccc2ccccc2c1. The molecule has 0 fully saturated rings. The largest absolute Gasteiger partial charge is 0.345 e. The third-order valence-corrected chi connectivity index (χ3v) is 4.01. The van der Waals surface area contributed by atoms with Gasteiger partial charge >= 0.3 is 0 Å². The zero-order chi connectivity index (χ0) is 13.2. The van der Waals surface area contributed by atoms with Crippen LogP contribution < -0.4 is 0 Å². The summed E-state index contributed by atoms with van der Waals surface area (Å²) in [7, 11) is 1.94. The van der Waals surface area contributed by atoms with Gasteiger partial charge in [-0.2, -0.15) is 0 Å². The van der Waals surface area contributed by atoms with E-state index in [9.17, 15) is 4.79 Å². The van der Waals surface area contributed by atoms with E-state index in [0.29, 0.717) is 0 Å². The van der Waals surface area contributed by atoms with Crippen LogP contribution in [0.5, 0.6) is 0 Å². The van der Waals surface area contributed by atoms with Crippen LogP contribution in [-0.2, 0) is 0 Å². The lowest BCUT2D eigenvalue weighted by Crippen LogP contribution is -2.05. The Hall–Kier alpha value is -2.00. The standard InChI is InChI=1S/C16H13NOS/c1-17-8-9-19-16(17)11-15(18)14-7-6-12-4-2-3-5-13(12)10-14/h2-11H,1H3. The fourth-order valence-electron chi connectivity index (χ4n) is 2.02. The Morgan fingerprint density at radius 3 is 2.68 bits per heavy atom. The number of nitrogens with zero attached hydrogens (tertiary/aromatic N) is 1. The summed E-state index contributed by atoms with van der Waals surface area (Å²) in [6, 6.07) is 13.9. The van der Waals surface area contributed by atoms with Crippen molar-refractivity contribution in [3.63, 3.8) is 0 Å². The summed E-state index contributed by atoms with van der Waals surface area (Å²) in [6.45, 7) is 0. The average Bonchev–Trinajstić information content (AvgIpc) is 2.84. The molecule has 0 atom stereocenters. The van der Waals surface area contributed by atoms with E-state index in [1.807, 2.05) is 66.0 Å². The molecule has 1 aliphatic heterocycles. The second-order valence-corrected chi connectivity index (χ2v) is 5.35. The molecule has 0 N–H and O–H groups in total. The summed E-state index contributed by atoms with van der Waals surface area (Å²) in [6.07, 6.45) is 3.64. The van der Waals surface area contributed by atoms with Gasteiger partial charge in [0.05, 0.1) is 5.03 Å². The van der Waals surface area contributed by atoms with Gasteiger partial charge < -0.3 is 4.90 Å². The van der Waals surface area contributed by atoms with Crippen LogP contribution in [0.2, 0.25) is 0 Å². The van der Waals surface area contributed by atoms with E-state index in [4.69, 9.17) is 0 Å². The van der Waals surface area contributed by atoms with Crippen molar-refractivity contribution >= 4 is 28.3 Å². The molecular weight excluding hydrogens is 254 g/mol. The summed E-state index contributed by atoms with van der Waals surface area (Å²) in [4.78, 5) is 14.2. The van der Waals surface area contributed by atoms with Gasteiger partial charge in [-0.05, 0) is 22.2 Å². The Bertz CT molecular complexity index is 703. The van der Waals surface area contributed by atoms with Gasteiger partial charge in [0, 0.05) is 24.9 Å². The van der Waals surface area contributed by atoms with Crippen molar-refractivity contribution in [2.75, 3.05) is 7.05 Å². The lowest BCUT2D eigenvalue weighted by atomic mass is 10.0. The van der Waals surface area contributed by atoms with Crippen molar-refractivity contribution in [2.24, 2.45) is 0 Å². The number of ketones is 1. The molecule has 2 aromatic carbocycles. The molecule has 2 aromatic rings. The number of hydrogen-bond donors (Lipinski definition) is 0. The number of benzene rings is 2. The number of fused-ring (bicyclic) bond motifs is 1. The molecule has 0 unspecified atom stereocenters. The van der Waals surface area contributed by atoms with Gasteiger partial charge in [-0.3, -0.25) is 4.79 Å². The predicted octanol–water partition coefficient (Wildman–Crippen LogP) is 4.01. The fraction of sp³-hybridized carbons (Fsp3) is 0.0625. The molecule has 1 heterocycles. The summed E-state index contributed by atoms with van der Waals surface area (Å²) >= 11 is 1.56. The van der Waals surface area contributed by atoms with Crippen LogP contribution in [0.3, 0.4) is 0 Å². The lowest BCUT2D eigenvalue weighted by Gasteiger charge is -2.09. The number of hydrogen-bond acceptors (Lipinski definition) is 3. The van der Waals surface area contributed by atoms with Gasteiger partial charge in [0.1, 0.15) is 0 Å². The Morgan fingerprint density at radius 1 is 1.16 bits per heavy atom. The van der Waals surface area contributed by atoms with Crippen molar-refractivity contribution in [3.8, 4) is 0 Å². The maximum absolute atomic E-state index is 12.2. The summed E-state index contributed by atoms with van der Waals surface area (Å²) in [5, 5.41) is 5.18. The van der Waals surface area contributed by atoms with Gasteiger partial charge in [-0.1, -0.05) is 48.2 Å². The first-order chi connectivity index (χ1) is 9.24. The summed E-state index contributed by atoms with van der Waals surface area (Å²) < 4.78 is 0. The molecule has 0 aromatic heterocycles. The zero-order valence-corrected chi connectivity index (χ0v) is 11.4. The minimum atomic E-state index is 0.0452. The monoisotopic (exact) mass is 267 g/mol. The van der Waals surface area contributed by atoms with Crippen molar-refractivity contribution in [1.82, 2.24) is 4.90 Å². The Kier molecular flexibility index (Phi) is 3.13. The fourth-order valence-corrected chi connectivity index (χ4v) is 2.81. The molecule has 0 radical (unpaired) electrons. The maximum Gasteiger partial charge on any atom is 0.188 e. The first kappa shape index (κ1) is 12.1. The Morgan fingerprint density at radius 2 is 1.95 bits per heavy atom. The van der Waals surface area contributed by atoms with Crippen LogP contribution in [0.25, 0.3) is 10.8 Å². The normalized spacial score (nSPS) is 16.5. The second kappa shape index (κ2) is 4.94. The first-order valence-electron chi connectivity index (χ1n) is 6.05. The molecule has 0 spiro atoms. The highest BCUT2D eigenvalue weighted by molar-refractivity contribution is 8.06. The zero-order valence-electron chi connectivity index (χ0n) is 10.5. The van der Waals surface area contributed by atoms with E-state index in [0.717, 1.165) is 21.4 Å². The maximum atomic E-state index is 12.2. The number of carbonyl (C=O) groups excluding carboxylic acids is 1. The van der Waals surface area contributed by atoms with Crippen molar-refractivity contribution in [3.05, 3.63) is 70.7 Å². The van der Waals surface area contributed by atoms with E-state index in [1.54, 1.807) is 17.8 Å². The van der Waals surface area contributed by atoms with Crippen LogP contribution in [0.15, 0.2) is 65.2 Å². The minimum absolute atomic E-state index is 0.0452. The summed E-state index contributed by atoms with van der Waals surface area (Å²) in [5.74, 6) is 0.0452. The van der Waals surface area contributed by atoms with Gasteiger partial charge in [0.25, 0.3) is 0 Å². The third kappa shape index (κ3) is 2.42. The van der Waals surface area contributed by atoms with E-state index in [2.05, 4.69) is 0 Å². The predicted molar refractivity (Wildman–Crippen MR) is 80.9 cm³/mol. The number of allylic oxidation sites excluding steroid dienone is 1. The quantitative estimate of drug-likeness (QED) is 0.605. The highest BCUT2D eigenvalue weighted by atomic mass is 32.2. The van der Waals surface area contributed by atoms with E-state index >= 15 is 0 Å². The van der Waals surface area contributed by atoms with Gasteiger partial charge in [0.15, 0.2) is 5.78 Å². The van der Waals surface area contributed by atoms with Crippen molar-refractivity contribution in [1.29, 1.82) is 0 Å². The molecule has 0 bridgehead atoms. The van der Waals surface area contributed by atoms with Crippen LogP contribution in [0.1, 0.15) is 10.4 Å². The minimum Gasteiger partial charge on any atom is -0.345 e. The van der Waals surface area contributed by atoms with E-state index in [1.165, 1.54) is 0 Å². The Balaban J connectivity index is 1.94. The molecule has 0 aliphatic carbocycles. The van der Waals surface area contributed by atoms with Crippen molar-refractivity contribution < 1.29 is 4.79 Å². The van der Waals surface area contributed by atoms with Crippen molar-refractivity contribution in [2.45, 2.75) is 0 Å². The third-order valence-electron chi connectivity index (χ3n) is 3.11. The number of carbonyl (C=O) groups is 1. The number of rotatable bonds is 2. The smallest absolute Gasteiger partial charge is 0.188 e. The molecule has 3 heteroatoms.